The molecule has 0 saturated carbocycles. The Kier molecular flexibility index (Phi) is 3.38. The van der Waals surface area contributed by atoms with Crippen LogP contribution >= 0.6 is 0 Å². The summed E-state index contributed by atoms with van der Waals surface area (Å²) < 4.78 is 5.23. The van der Waals surface area contributed by atoms with Crippen molar-refractivity contribution in [3.8, 4) is 5.75 Å². The quantitative estimate of drug-likeness (QED) is 0.617. The lowest BCUT2D eigenvalue weighted by atomic mass is 10.0. The second kappa shape index (κ2) is 5.21. The topological polar surface area (TPSA) is 111 Å². The number of hydrogen-bond donors (Lipinski definition) is 2. The minimum absolute atomic E-state index is 0.000211. The molecular formula is C13H16N4O4. The molecule has 3 N–H and O–H groups in total. The van der Waals surface area contributed by atoms with Gasteiger partial charge in [-0.2, -0.15) is 0 Å². The van der Waals surface area contributed by atoms with Crippen molar-refractivity contribution in [2.75, 3.05) is 29.9 Å². The Morgan fingerprint density at radius 2 is 2.29 bits per heavy atom. The first-order valence-electron chi connectivity index (χ1n) is 6.80. The summed E-state index contributed by atoms with van der Waals surface area (Å²) in [6, 6.07) is 2.97. The summed E-state index contributed by atoms with van der Waals surface area (Å²) in [7, 11) is 0. The van der Waals surface area contributed by atoms with Gasteiger partial charge in [-0.15, -0.1) is 0 Å². The summed E-state index contributed by atoms with van der Waals surface area (Å²) >= 11 is 0. The number of carbonyl (C=O) groups excluding carboxylic acids is 1. The maximum Gasteiger partial charge on any atom is 0.296 e. The van der Waals surface area contributed by atoms with Crippen LogP contribution in [-0.4, -0.2) is 36.6 Å². The summed E-state index contributed by atoms with van der Waals surface area (Å²) in [5.74, 6) is 0.0593. The van der Waals surface area contributed by atoms with Crippen molar-refractivity contribution in [1.82, 2.24) is 0 Å². The summed E-state index contributed by atoms with van der Waals surface area (Å²) in [4.78, 5) is 24.1. The van der Waals surface area contributed by atoms with Crippen LogP contribution in [-0.2, 0) is 4.79 Å². The number of piperidine rings is 1. The SMILES string of the molecule is N[C@@H]1CCCN(c2cc3c(cc2[N+](=O)[O-])OCC(=O)N3)C1. The molecule has 2 aliphatic heterocycles. The van der Waals surface area contributed by atoms with Gasteiger partial charge in [-0.05, 0) is 18.9 Å². The third-order valence-electron chi connectivity index (χ3n) is 3.70. The summed E-state index contributed by atoms with van der Waals surface area (Å²) in [6.45, 7) is 1.15. The van der Waals surface area contributed by atoms with E-state index in [4.69, 9.17) is 10.5 Å². The van der Waals surface area contributed by atoms with Crippen molar-refractivity contribution in [3.63, 3.8) is 0 Å². The zero-order valence-corrected chi connectivity index (χ0v) is 11.4. The van der Waals surface area contributed by atoms with Crippen molar-refractivity contribution >= 4 is 23.0 Å². The minimum atomic E-state index is -0.435. The highest BCUT2D eigenvalue weighted by Gasteiger charge is 2.28. The number of fused-ring (bicyclic) bond motifs is 1. The average molecular weight is 292 g/mol. The summed E-state index contributed by atoms with van der Waals surface area (Å²) in [5.41, 5.74) is 6.85. The van der Waals surface area contributed by atoms with E-state index in [0.717, 1.165) is 12.8 Å². The van der Waals surface area contributed by atoms with Crippen molar-refractivity contribution in [2.24, 2.45) is 5.73 Å². The van der Waals surface area contributed by atoms with Crippen LogP contribution in [0.4, 0.5) is 17.1 Å². The van der Waals surface area contributed by atoms with Gasteiger partial charge in [0, 0.05) is 19.1 Å². The fraction of sp³-hybridized carbons (Fsp3) is 0.462. The summed E-state index contributed by atoms with van der Waals surface area (Å²) in [5, 5.41) is 14.0. The maximum absolute atomic E-state index is 11.4. The van der Waals surface area contributed by atoms with Crippen LogP contribution in [0, 0.1) is 10.1 Å². The molecule has 8 nitrogen and oxygen atoms in total. The van der Waals surface area contributed by atoms with Crippen LogP contribution in [0.1, 0.15) is 12.8 Å². The Bertz CT molecular complexity index is 604. The second-order valence-electron chi connectivity index (χ2n) is 5.28. The number of nitrogens with zero attached hydrogens (tertiary/aromatic N) is 2. The first-order valence-corrected chi connectivity index (χ1v) is 6.80. The molecule has 1 saturated heterocycles. The molecule has 0 unspecified atom stereocenters. The van der Waals surface area contributed by atoms with E-state index in [-0.39, 0.29) is 24.2 Å². The van der Waals surface area contributed by atoms with Crippen LogP contribution in [0.25, 0.3) is 0 Å². The lowest BCUT2D eigenvalue weighted by Gasteiger charge is -2.33. The summed E-state index contributed by atoms with van der Waals surface area (Å²) in [6.07, 6.45) is 1.80. The first-order chi connectivity index (χ1) is 10.0. The number of rotatable bonds is 2. The highest BCUT2D eigenvalue weighted by atomic mass is 16.6. The van der Waals surface area contributed by atoms with Gasteiger partial charge in [0.1, 0.15) is 5.69 Å². The molecular weight excluding hydrogens is 276 g/mol. The zero-order valence-electron chi connectivity index (χ0n) is 11.4. The molecule has 0 aromatic heterocycles. The molecule has 2 heterocycles. The van der Waals surface area contributed by atoms with Gasteiger partial charge in [0.15, 0.2) is 12.4 Å². The van der Waals surface area contributed by atoms with Crippen molar-refractivity contribution in [3.05, 3.63) is 22.2 Å². The van der Waals surface area contributed by atoms with E-state index in [0.29, 0.717) is 30.2 Å². The average Bonchev–Trinajstić information content (AvgIpc) is 2.45. The second-order valence-corrected chi connectivity index (χ2v) is 5.28. The molecule has 1 aromatic carbocycles. The molecule has 112 valence electrons. The number of benzene rings is 1. The van der Waals surface area contributed by atoms with E-state index in [1.807, 2.05) is 4.90 Å². The number of ether oxygens (including phenoxy) is 1. The molecule has 0 radical (unpaired) electrons. The van der Waals surface area contributed by atoms with Gasteiger partial charge >= 0.3 is 0 Å². The number of nitro benzene ring substituents is 1. The number of nitro groups is 1. The van der Waals surface area contributed by atoms with Gasteiger partial charge in [0.05, 0.1) is 16.7 Å². The molecule has 21 heavy (non-hydrogen) atoms. The van der Waals surface area contributed by atoms with Gasteiger partial charge in [-0.3, -0.25) is 14.9 Å². The fourth-order valence-electron chi connectivity index (χ4n) is 2.73. The molecule has 1 atom stereocenters. The van der Waals surface area contributed by atoms with E-state index in [2.05, 4.69) is 5.32 Å². The molecule has 2 aliphatic rings. The van der Waals surface area contributed by atoms with Crippen LogP contribution < -0.4 is 20.7 Å². The van der Waals surface area contributed by atoms with Crippen LogP contribution in [0.15, 0.2) is 12.1 Å². The highest BCUT2D eigenvalue weighted by molar-refractivity contribution is 5.97. The van der Waals surface area contributed by atoms with Gasteiger partial charge in [0.25, 0.3) is 11.6 Å². The number of amides is 1. The Morgan fingerprint density at radius 3 is 3.00 bits per heavy atom. The zero-order chi connectivity index (χ0) is 15.0. The number of nitrogens with two attached hydrogens (primary N) is 1. The number of nitrogens with one attached hydrogen (secondary N) is 1. The van der Waals surface area contributed by atoms with Crippen LogP contribution in [0.2, 0.25) is 0 Å². The van der Waals surface area contributed by atoms with Gasteiger partial charge in [0.2, 0.25) is 0 Å². The molecule has 0 spiro atoms. The van der Waals surface area contributed by atoms with E-state index >= 15 is 0 Å². The molecule has 0 bridgehead atoms. The third kappa shape index (κ3) is 2.62. The molecule has 1 aromatic rings. The Labute approximate surface area is 121 Å². The van der Waals surface area contributed by atoms with Crippen molar-refractivity contribution in [2.45, 2.75) is 18.9 Å². The smallest absolute Gasteiger partial charge is 0.296 e. The highest BCUT2D eigenvalue weighted by Crippen LogP contribution is 2.40. The number of anilines is 2. The van der Waals surface area contributed by atoms with Gasteiger partial charge < -0.3 is 20.7 Å². The lowest BCUT2D eigenvalue weighted by molar-refractivity contribution is -0.384. The Balaban J connectivity index is 2.02. The Morgan fingerprint density at radius 1 is 1.48 bits per heavy atom. The monoisotopic (exact) mass is 292 g/mol. The molecule has 8 heteroatoms. The predicted octanol–water partition coefficient (Wildman–Crippen LogP) is 0.853. The van der Waals surface area contributed by atoms with E-state index in [9.17, 15) is 14.9 Å². The van der Waals surface area contributed by atoms with Crippen LogP contribution in [0.3, 0.4) is 0 Å². The van der Waals surface area contributed by atoms with Gasteiger partial charge in [-0.1, -0.05) is 0 Å². The van der Waals surface area contributed by atoms with E-state index < -0.39 is 4.92 Å². The Hall–Kier alpha value is -2.35. The number of carbonyl (C=O) groups is 1. The fourth-order valence-corrected chi connectivity index (χ4v) is 2.73. The van der Waals surface area contributed by atoms with Crippen molar-refractivity contribution in [1.29, 1.82) is 0 Å². The standard InChI is InChI=1S/C13H16N4O4/c14-8-2-1-3-16(6-8)10-4-9-12(5-11(10)17(19)20)21-7-13(18)15-9/h4-5,8H,1-3,6-7,14H2,(H,15,18)/t8-/m1/s1. The maximum atomic E-state index is 11.4. The normalized spacial score (nSPS) is 21.3. The molecule has 0 aliphatic carbocycles. The van der Waals surface area contributed by atoms with E-state index in [1.165, 1.54) is 6.07 Å². The molecule has 3 rings (SSSR count). The molecule has 1 fully saturated rings. The van der Waals surface area contributed by atoms with Gasteiger partial charge in [-0.25, -0.2) is 0 Å². The third-order valence-corrected chi connectivity index (χ3v) is 3.70. The predicted molar refractivity (Wildman–Crippen MR) is 76.6 cm³/mol. The number of hydrogen-bond acceptors (Lipinski definition) is 6. The van der Waals surface area contributed by atoms with Crippen LogP contribution in [0.5, 0.6) is 5.75 Å². The largest absolute Gasteiger partial charge is 0.481 e. The molecule has 1 amide bonds. The van der Waals surface area contributed by atoms with Crippen molar-refractivity contribution < 1.29 is 14.5 Å². The first kappa shape index (κ1) is 13.6. The van der Waals surface area contributed by atoms with E-state index in [1.54, 1.807) is 6.07 Å². The minimum Gasteiger partial charge on any atom is -0.481 e. The lowest BCUT2D eigenvalue weighted by Crippen LogP contribution is -2.43.